The molecule has 3 aromatic rings. The predicted molar refractivity (Wildman–Crippen MR) is 120 cm³/mol. The number of carboxylic acid groups (broad SMARTS) is 1. The highest BCUT2D eigenvalue weighted by Crippen LogP contribution is 2.31. The lowest BCUT2D eigenvalue weighted by molar-refractivity contribution is -0.137. The van der Waals surface area contributed by atoms with Crippen LogP contribution in [-0.4, -0.2) is 34.6 Å². The SMILES string of the molecule is NC(=O)C1CCN(c2cc3c(cc2F)c(=O)c(C(=O)O)cn3Cc2cccc(C(F)(F)F)c2)CC1. The van der Waals surface area contributed by atoms with E-state index in [2.05, 4.69) is 0 Å². The molecule has 1 fully saturated rings. The van der Waals surface area contributed by atoms with Crippen molar-refractivity contribution in [2.45, 2.75) is 25.6 Å². The predicted octanol–water partition coefficient (Wildman–Crippen LogP) is 3.61. The molecule has 3 N–H and O–H groups in total. The zero-order valence-corrected chi connectivity index (χ0v) is 18.3. The summed E-state index contributed by atoms with van der Waals surface area (Å²) >= 11 is 0. The Balaban J connectivity index is 1.82. The lowest BCUT2D eigenvalue weighted by Gasteiger charge is -2.32. The van der Waals surface area contributed by atoms with Gasteiger partial charge in [0.2, 0.25) is 11.3 Å². The van der Waals surface area contributed by atoms with Crippen molar-refractivity contribution in [3.63, 3.8) is 0 Å². The molecule has 0 bridgehead atoms. The molecule has 0 aliphatic carbocycles. The smallest absolute Gasteiger partial charge is 0.416 e. The highest BCUT2D eigenvalue weighted by Gasteiger charge is 2.30. The standard InChI is InChI=1S/C24H21F4N3O4/c25-18-9-16-19(10-20(18)30-6-4-14(5-7-30)22(29)33)31(12-17(21(16)32)23(34)35)11-13-2-1-3-15(8-13)24(26,27)28/h1-3,8-10,12,14H,4-7,11H2,(H2,29,33)(H,34,35). The number of carboxylic acids is 1. The van der Waals surface area contributed by atoms with Gasteiger partial charge < -0.3 is 20.3 Å². The number of rotatable bonds is 5. The number of anilines is 1. The summed E-state index contributed by atoms with van der Waals surface area (Å²) in [6, 6.07) is 6.86. The number of primary amides is 1. The summed E-state index contributed by atoms with van der Waals surface area (Å²) in [6.07, 6.45) is -2.68. The molecule has 11 heteroatoms. The summed E-state index contributed by atoms with van der Waals surface area (Å²) in [5, 5.41) is 9.26. The third kappa shape index (κ3) is 4.84. The third-order valence-electron chi connectivity index (χ3n) is 6.22. The van der Waals surface area contributed by atoms with Crippen LogP contribution in [0.1, 0.15) is 34.3 Å². The van der Waals surface area contributed by atoms with Crippen LogP contribution in [0.5, 0.6) is 0 Å². The number of piperidine rings is 1. The molecule has 0 spiro atoms. The average Bonchev–Trinajstić information content (AvgIpc) is 2.80. The van der Waals surface area contributed by atoms with E-state index in [0.29, 0.717) is 25.9 Å². The molecule has 1 aliphatic rings. The molecule has 1 amide bonds. The first kappa shape index (κ1) is 24.2. The molecule has 1 aliphatic heterocycles. The number of amides is 1. The number of hydrogen-bond acceptors (Lipinski definition) is 4. The van der Waals surface area contributed by atoms with Gasteiger partial charge in [-0.25, -0.2) is 9.18 Å². The Bertz CT molecular complexity index is 1380. The van der Waals surface area contributed by atoms with Gasteiger partial charge in [0.25, 0.3) is 0 Å². The van der Waals surface area contributed by atoms with Gasteiger partial charge in [-0.15, -0.1) is 0 Å². The molecule has 2 aromatic carbocycles. The molecule has 0 saturated carbocycles. The first-order chi connectivity index (χ1) is 16.5. The van der Waals surface area contributed by atoms with Gasteiger partial charge in [0.15, 0.2) is 0 Å². The molecule has 7 nitrogen and oxygen atoms in total. The van der Waals surface area contributed by atoms with Crippen LogP contribution < -0.4 is 16.1 Å². The van der Waals surface area contributed by atoms with Crippen molar-refractivity contribution in [2.75, 3.05) is 18.0 Å². The number of pyridine rings is 1. The Hall–Kier alpha value is -3.89. The number of benzene rings is 2. The van der Waals surface area contributed by atoms with E-state index < -0.39 is 40.4 Å². The van der Waals surface area contributed by atoms with Crippen LogP contribution in [0.2, 0.25) is 0 Å². The van der Waals surface area contributed by atoms with Crippen LogP contribution in [0.25, 0.3) is 10.9 Å². The molecule has 0 radical (unpaired) electrons. The number of carbonyl (C=O) groups excluding carboxylic acids is 1. The van der Waals surface area contributed by atoms with Crippen molar-refractivity contribution in [3.05, 3.63) is 75.3 Å². The van der Waals surface area contributed by atoms with Crippen molar-refractivity contribution >= 4 is 28.5 Å². The summed E-state index contributed by atoms with van der Waals surface area (Å²) in [7, 11) is 0. The summed E-state index contributed by atoms with van der Waals surface area (Å²) in [4.78, 5) is 37.5. The second kappa shape index (κ2) is 9.05. The Morgan fingerprint density at radius 2 is 1.80 bits per heavy atom. The van der Waals surface area contributed by atoms with Gasteiger partial charge in [0, 0.05) is 37.1 Å². The maximum atomic E-state index is 15.1. The van der Waals surface area contributed by atoms with Gasteiger partial charge in [-0.3, -0.25) is 9.59 Å². The molecule has 1 saturated heterocycles. The zero-order chi connectivity index (χ0) is 25.5. The van der Waals surface area contributed by atoms with E-state index in [0.717, 1.165) is 24.4 Å². The highest BCUT2D eigenvalue weighted by molar-refractivity contribution is 5.93. The van der Waals surface area contributed by atoms with E-state index in [1.54, 1.807) is 4.90 Å². The average molecular weight is 491 g/mol. The minimum Gasteiger partial charge on any atom is -0.477 e. The van der Waals surface area contributed by atoms with Crippen molar-refractivity contribution in [1.82, 2.24) is 4.57 Å². The van der Waals surface area contributed by atoms with Crippen LogP contribution in [0.4, 0.5) is 23.2 Å². The van der Waals surface area contributed by atoms with Gasteiger partial charge in [-0.2, -0.15) is 13.2 Å². The third-order valence-corrected chi connectivity index (χ3v) is 6.22. The van der Waals surface area contributed by atoms with E-state index in [9.17, 15) is 32.7 Å². The topological polar surface area (TPSA) is 106 Å². The second-order valence-corrected chi connectivity index (χ2v) is 8.49. The first-order valence-electron chi connectivity index (χ1n) is 10.8. The lowest BCUT2D eigenvalue weighted by Crippen LogP contribution is -2.39. The summed E-state index contributed by atoms with van der Waals surface area (Å²) < 4.78 is 55.9. The van der Waals surface area contributed by atoms with Crippen molar-refractivity contribution in [3.8, 4) is 0 Å². The molecule has 0 unspecified atom stereocenters. The lowest BCUT2D eigenvalue weighted by atomic mass is 9.95. The fourth-order valence-corrected chi connectivity index (χ4v) is 4.37. The normalized spacial score (nSPS) is 14.9. The van der Waals surface area contributed by atoms with Crippen molar-refractivity contribution in [2.24, 2.45) is 11.7 Å². The van der Waals surface area contributed by atoms with Crippen LogP contribution in [0.3, 0.4) is 0 Å². The summed E-state index contributed by atoms with van der Waals surface area (Å²) in [5.74, 6) is -3.04. The fourth-order valence-electron chi connectivity index (χ4n) is 4.37. The molecule has 0 atom stereocenters. The number of aromatic nitrogens is 1. The van der Waals surface area contributed by atoms with E-state index >= 15 is 4.39 Å². The number of nitrogens with two attached hydrogens (primary N) is 1. The van der Waals surface area contributed by atoms with Crippen molar-refractivity contribution in [1.29, 1.82) is 0 Å². The van der Waals surface area contributed by atoms with E-state index in [-0.39, 0.29) is 34.6 Å². The number of carbonyl (C=O) groups is 2. The fraction of sp³-hybridized carbons (Fsp3) is 0.292. The number of nitrogens with zero attached hydrogens (tertiary/aromatic N) is 2. The Morgan fingerprint density at radius 3 is 2.40 bits per heavy atom. The van der Waals surface area contributed by atoms with Gasteiger partial charge in [-0.05, 0) is 42.7 Å². The molecule has 184 valence electrons. The van der Waals surface area contributed by atoms with Crippen LogP contribution >= 0.6 is 0 Å². The largest absolute Gasteiger partial charge is 0.477 e. The minimum atomic E-state index is -4.57. The molecular weight excluding hydrogens is 470 g/mol. The van der Waals surface area contributed by atoms with Crippen LogP contribution in [-0.2, 0) is 17.5 Å². The van der Waals surface area contributed by atoms with Crippen LogP contribution in [0.15, 0.2) is 47.4 Å². The number of hydrogen-bond donors (Lipinski definition) is 2. The monoisotopic (exact) mass is 491 g/mol. The second-order valence-electron chi connectivity index (χ2n) is 8.49. The van der Waals surface area contributed by atoms with E-state index in [4.69, 9.17) is 5.73 Å². The summed E-state index contributed by atoms with van der Waals surface area (Å²) in [5.41, 5.74) is 3.49. The minimum absolute atomic E-state index is 0.140. The van der Waals surface area contributed by atoms with Crippen molar-refractivity contribution < 1.29 is 32.3 Å². The number of aromatic carboxylic acids is 1. The van der Waals surface area contributed by atoms with Gasteiger partial charge in [-0.1, -0.05) is 12.1 Å². The zero-order valence-electron chi connectivity index (χ0n) is 18.3. The Labute approximate surface area is 196 Å². The van der Waals surface area contributed by atoms with Gasteiger partial charge >= 0.3 is 12.1 Å². The highest BCUT2D eigenvalue weighted by atomic mass is 19.4. The molecule has 35 heavy (non-hydrogen) atoms. The Kier molecular flexibility index (Phi) is 6.27. The maximum Gasteiger partial charge on any atom is 0.416 e. The van der Waals surface area contributed by atoms with Gasteiger partial charge in [0.05, 0.1) is 16.8 Å². The number of halogens is 4. The maximum absolute atomic E-state index is 15.1. The first-order valence-corrected chi connectivity index (χ1v) is 10.8. The Morgan fingerprint density at radius 1 is 1.11 bits per heavy atom. The molecule has 4 rings (SSSR count). The van der Waals surface area contributed by atoms with E-state index in [1.165, 1.54) is 22.8 Å². The quantitative estimate of drug-likeness (QED) is 0.531. The summed E-state index contributed by atoms with van der Waals surface area (Å²) in [6.45, 7) is 0.484. The van der Waals surface area contributed by atoms with Crippen LogP contribution in [0, 0.1) is 11.7 Å². The molecule has 2 heterocycles. The molecular formula is C24H21F4N3O4. The number of fused-ring (bicyclic) bond motifs is 1. The number of alkyl halides is 3. The molecule has 1 aromatic heterocycles. The van der Waals surface area contributed by atoms with Gasteiger partial charge in [0.1, 0.15) is 11.4 Å². The van der Waals surface area contributed by atoms with E-state index in [1.807, 2.05) is 0 Å².